The number of aliphatic hydroxyl groups is 2. The number of aromatic nitrogens is 4. The van der Waals surface area contributed by atoms with Crippen molar-refractivity contribution in [3.05, 3.63) is 76.3 Å². The molecule has 5 fully saturated rings. The fraction of sp³-hybridized carbons (Fsp3) is 0.489. The fourth-order valence-corrected chi connectivity index (χ4v) is 12.2. The molecule has 3 aromatic carbocycles. The molecule has 10 rings (SSSR count). The Labute approximate surface area is 395 Å². The lowest BCUT2D eigenvalue weighted by Gasteiger charge is -2.42. The van der Waals surface area contributed by atoms with Crippen molar-refractivity contribution >= 4 is 61.0 Å². The van der Waals surface area contributed by atoms with Gasteiger partial charge in [0, 0.05) is 51.6 Å². The van der Waals surface area contributed by atoms with Gasteiger partial charge in [-0.25, -0.2) is 27.0 Å². The number of sulfonamides is 1. The van der Waals surface area contributed by atoms with Crippen LogP contribution in [0.1, 0.15) is 82.2 Å². The summed E-state index contributed by atoms with van der Waals surface area (Å²) in [5.41, 5.74) is -1.41. The maximum absolute atomic E-state index is 15.8. The molecule has 5 aliphatic rings. The molecule has 1 spiro atoms. The number of rotatable bonds is 10. The van der Waals surface area contributed by atoms with Gasteiger partial charge in [0.25, 0.3) is 5.56 Å². The number of nitrogens with one attached hydrogen (secondary N) is 2. The number of carbonyl (C=O) groups is 2. The van der Waals surface area contributed by atoms with E-state index in [-0.39, 0.29) is 72.3 Å². The Morgan fingerprint density at radius 1 is 1.00 bits per heavy atom. The van der Waals surface area contributed by atoms with Crippen LogP contribution < -0.4 is 30.1 Å². The summed E-state index contributed by atoms with van der Waals surface area (Å²) < 4.78 is 74.8. The number of amides is 3. The molecule has 4 N–H and O–H groups in total. The second kappa shape index (κ2) is 17.8. The van der Waals surface area contributed by atoms with Crippen LogP contribution in [0.25, 0.3) is 21.8 Å². The van der Waals surface area contributed by atoms with Crippen LogP contribution >= 0.6 is 0 Å². The molecule has 364 valence electrons. The van der Waals surface area contributed by atoms with E-state index in [9.17, 15) is 38.3 Å². The molecule has 4 saturated heterocycles. The largest absolute Gasteiger partial charge is 0.453 e. The van der Waals surface area contributed by atoms with Crippen molar-refractivity contribution in [1.29, 1.82) is 5.26 Å². The molecule has 2 atom stereocenters. The van der Waals surface area contributed by atoms with Crippen LogP contribution in [0, 0.1) is 23.0 Å². The summed E-state index contributed by atoms with van der Waals surface area (Å²) in [4.78, 5) is 49.7. The van der Waals surface area contributed by atoms with E-state index in [2.05, 4.69) is 20.1 Å². The molecule has 1 aliphatic carbocycles. The lowest BCUT2D eigenvalue weighted by molar-refractivity contribution is -0.142. The molecule has 1 saturated carbocycles. The predicted molar refractivity (Wildman–Crippen MR) is 248 cm³/mol. The third-order valence-electron chi connectivity index (χ3n) is 14.6. The second-order valence-corrected chi connectivity index (χ2v) is 21.0. The Morgan fingerprint density at radius 2 is 1.75 bits per heavy atom. The number of aryl methyl sites for hydroxylation is 1. The van der Waals surface area contributed by atoms with Gasteiger partial charge >= 0.3 is 6.03 Å². The summed E-state index contributed by atoms with van der Waals surface area (Å²) in [6.07, 6.45) is 5.25. The minimum atomic E-state index is -3.83. The highest BCUT2D eigenvalue weighted by Gasteiger charge is 2.45. The normalized spacial score (nSPS) is 21.8. The number of halogens is 2. The number of anilines is 3. The smallest absolute Gasteiger partial charge is 0.325 e. The third kappa shape index (κ3) is 8.81. The Morgan fingerprint density at radius 3 is 2.48 bits per heavy atom. The third-order valence-corrected chi connectivity index (χ3v) is 16.5. The zero-order valence-corrected chi connectivity index (χ0v) is 38.7. The van der Waals surface area contributed by atoms with Crippen molar-refractivity contribution < 1.29 is 46.5 Å². The summed E-state index contributed by atoms with van der Waals surface area (Å²) >= 11 is 0. The second-order valence-electron chi connectivity index (χ2n) is 19.0. The van der Waals surface area contributed by atoms with Crippen LogP contribution in [0.4, 0.5) is 30.8 Å². The molecule has 5 aromatic rings. The van der Waals surface area contributed by atoms with Gasteiger partial charge in [-0.15, -0.1) is 0 Å². The topological polar surface area (TPSA) is 237 Å². The number of nitrogens with zero attached hydrogens (tertiary/aromatic N) is 8. The first-order chi connectivity index (χ1) is 33.0. The van der Waals surface area contributed by atoms with E-state index in [1.807, 2.05) is 11.0 Å². The molecular formula is C47H52F2N10O9S. The molecular weight excluding hydrogens is 919 g/mol. The van der Waals surface area contributed by atoms with Crippen molar-refractivity contribution in [2.24, 2.45) is 7.05 Å². The number of likely N-dealkylation sites (tertiary alicyclic amines) is 1. The van der Waals surface area contributed by atoms with E-state index >= 15 is 8.78 Å². The SMILES string of the molecule is Cn1nc(N2CCC(O)NC2=O)c2cc(F)c(N3CCC(O)(CC(=O)N4CCC5(CC4)C[C@@H](n4cnc6ccc(Oc7c(F)ccc(NS(=O)(=O)C8CCCC8)c7C#N)cc6c4=O)CO5)CC3)cc21. The van der Waals surface area contributed by atoms with Crippen LogP contribution in [0.15, 0.2) is 53.6 Å². The Bertz CT molecular complexity index is 3080. The number of carbonyl (C=O) groups excluding carboxylic acids is 2. The number of hydrogen-bond acceptors (Lipinski definition) is 13. The van der Waals surface area contributed by atoms with E-state index in [1.165, 1.54) is 40.1 Å². The van der Waals surface area contributed by atoms with Gasteiger partial charge in [0.15, 0.2) is 17.4 Å². The van der Waals surface area contributed by atoms with E-state index < -0.39 is 56.1 Å². The first-order valence-corrected chi connectivity index (χ1v) is 24.8. The summed E-state index contributed by atoms with van der Waals surface area (Å²) in [7, 11) is -2.12. The van der Waals surface area contributed by atoms with E-state index in [4.69, 9.17) is 9.47 Å². The van der Waals surface area contributed by atoms with E-state index in [0.29, 0.717) is 92.6 Å². The maximum atomic E-state index is 15.8. The first kappa shape index (κ1) is 46.3. The van der Waals surface area contributed by atoms with Crippen molar-refractivity contribution in [2.45, 2.75) is 99.4 Å². The zero-order chi connectivity index (χ0) is 48.4. The molecule has 69 heavy (non-hydrogen) atoms. The highest BCUT2D eigenvalue weighted by Crippen LogP contribution is 2.42. The van der Waals surface area contributed by atoms with Crippen LogP contribution in [-0.4, -0.2) is 117 Å². The number of hydrogen-bond donors (Lipinski definition) is 4. The van der Waals surface area contributed by atoms with Gasteiger partial charge in [0.1, 0.15) is 29.4 Å². The summed E-state index contributed by atoms with van der Waals surface area (Å²) in [5.74, 6) is -1.74. The highest BCUT2D eigenvalue weighted by atomic mass is 32.2. The standard InChI is InChI=1S/C47H52F2N10O9S/c1-55-38-22-39(35(49)21-32(38)43(53-55)58-15-10-40(60)52-45(58)63)56-16-11-46(64,12-17-56)24-41(61)57-18-13-47(14-19-57)23-28(26-67-47)59-27-51-36-8-6-29(20-31(36)44(59)62)68-42-33(25-50)37(9-7-34(42)48)54-69(65,66)30-4-2-3-5-30/h6-9,20-22,27-28,30,40,54,60,64H,2-5,10-19,23-24,26H2,1H3,(H,52,63)/t28-,40?/m1/s1. The van der Waals surface area contributed by atoms with Crippen molar-refractivity contribution in [3.8, 4) is 17.6 Å². The lowest BCUT2D eigenvalue weighted by atomic mass is 9.85. The molecule has 0 bridgehead atoms. The van der Waals surface area contributed by atoms with Crippen LogP contribution in [-0.2, 0) is 26.6 Å². The molecule has 22 heteroatoms. The Balaban J connectivity index is 0.755. The quantitative estimate of drug-likeness (QED) is 0.146. The van der Waals surface area contributed by atoms with E-state index in [1.54, 1.807) is 28.8 Å². The maximum Gasteiger partial charge on any atom is 0.325 e. The van der Waals surface area contributed by atoms with Gasteiger partial charge in [-0.3, -0.25) is 28.5 Å². The van der Waals surface area contributed by atoms with Gasteiger partial charge in [-0.2, -0.15) is 10.4 Å². The molecule has 0 radical (unpaired) electrons. The number of piperidine rings is 2. The summed E-state index contributed by atoms with van der Waals surface area (Å²) in [6, 6.07) is 10.6. The molecule has 6 heterocycles. The van der Waals surface area contributed by atoms with Gasteiger partial charge in [-0.1, -0.05) is 12.8 Å². The molecule has 1 unspecified atom stereocenters. The number of ether oxygens (including phenoxy) is 2. The number of nitriles is 1. The summed E-state index contributed by atoms with van der Waals surface area (Å²) in [5, 5.41) is 38.4. The Kier molecular flexibility index (Phi) is 12.0. The number of urea groups is 1. The average Bonchev–Trinajstić information content (AvgIpc) is 4.09. The van der Waals surface area contributed by atoms with Crippen molar-refractivity contribution in [2.75, 3.05) is 53.9 Å². The van der Waals surface area contributed by atoms with Gasteiger partial charge in [0.2, 0.25) is 15.9 Å². The fourth-order valence-electron chi connectivity index (χ4n) is 10.6. The Hall–Kier alpha value is -6.41. The molecule has 3 amide bonds. The van der Waals surface area contributed by atoms with Crippen LogP contribution in [0.2, 0.25) is 0 Å². The number of benzene rings is 3. The molecule has 19 nitrogen and oxygen atoms in total. The first-order valence-electron chi connectivity index (χ1n) is 23.3. The van der Waals surface area contributed by atoms with E-state index in [0.717, 1.165) is 18.9 Å². The number of fused-ring (bicyclic) bond motifs is 2. The van der Waals surface area contributed by atoms with Crippen LogP contribution in [0.5, 0.6) is 11.5 Å². The predicted octanol–water partition coefficient (Wildman–Crippen LogP) is 4.89. The highest BCUT2D eigenvalue weighted by molar-refractivity contribution is 7.93. The van der Waals surface area contributed by atoms with Gasteiger partial charge in [0.05, 0.1) is 69.6 Å². The van der Waals surface area contributed by atoms with Crippen molar-refractivity contribution in [3.63, 3.8) is 0 Å². The van der Waals surface area contributed by atoms with Gasteiger partial charge in [-0.05, 0) is 87.4 Å². The average molecular weight is 971 g/mol. The molecule has 4 aliphatic heterocycles. The lowest BCUT2D eigenvalue weighted by Crippen LogP contribution is -2.52. The minimum Gasteiger partial charge on any atom is -0.453 e. The minimum absolute atomic E-state index is 0.0393. The number of aliphatic hydroxyl groups excluding tert-OH is 1. The van der Waals surface area contributed by atoms with Crippen LogP contribution in [0.3, 0.4) is 0 Å². The van der Waals surface area contributed by atoms with Crippen molar-refractivity contribution in [1.82, 2.24) is 29.5 Å². The monoisotopic (exact) mass is 970 g/mol. The zero-order valence-electron chi connectivity index (χ0n) is 37.9. The van der Waals surface area contributed by atoms with Gasteiger partial charge < -0.3 is 34.8 Å². The summed E-state index contributed by atoms with van der Waals surface area (Å²) in [6.45, 7) is 1.84. The molecule has 2 aromatic heterocycles.